The highest BCUT2D eigenvalue weighted by Gasteiger charge is 2.39. The van der Waals surface area contributed by atoms with Gasteiger partial charge in [0.15, 0.2) is 11.6 Å². The number of carbonyl (C=O) groups excluding carboxylic acids is 4. The number of carbonyl (C=O) groups is 4. The number of imide groups is 1. The second-order valence-corrected chi connectivity index (χ2v) is 18.5. The topological polar surface area (TPSA) is 195 Å². The van der Waals surface area contributed by atoms with Gasteiger partial charge in [-0.1, -0.05) is 24.8 Å². The molecule has 3 aromatic carbocycles. The van der Waals surface area contributed by atoms with Crippen LogP contribution in [-0.2, 0) is 19.1 Å². The molecule has 0 aromatic heterocycles. The van der Waals surface area contributed by atoms with E-state index in [4.69, 9.17) is 15.2 Å². The number of aliphatic imine (C=N–C) groups is 1. The molecule has 5 N–H and O–H groups in total. The summed E-state index contributed by atoms with van der Waals surface area (Å²) in [6.07, 6.45) is 9.32. The standard InChI is InChI=1S/C26H35FN4O4S.C19H20FN5O2S2/c27-36-22-16-19(28-21-4-5-23(32)29-25(21)34)2-3-20(22)18-6-11-30(12-7-18)17-24(33)31-13-9-26(10-14-31)8-1-15-35-26;1-4-25(2)29-24-17-8-6-15(20)18(14(17)10-21)27-12-5-7-16(23-11-22)13(9-12)19(26)28-3/h2-3,16,18,21,28H,1,4-15,17H2,(H,29,32,34);5-9,11,24H,4H2,1-3H3,(H2,22,23). The van der Waals surface area contributed by atoms with Crippen LogP contribution in [0.3, 0.4) is 0 Å². The molecule has 65 heavy (non-hydrogen) atoms. The Kier molecular flexibility index (Phi) is 17.9. The summed E-state index contributed by atoms with van der Waals surface area (Å²) in [5.74, 6) is -0.896. The molecule has 348 valence electrons. The minimum Gasteiger partial charge on any atom is -0.453 e. The Balaban J connectivity index is 0.000000221. The van der Waals surface area contributed by atoms with Gasteiger partial charge in [-0.05, 0) is 125 Å². The van der Waals surface area contributed by atoms with E-state index in [2.05, 4.69) is 25.2 Å². The molecule has 0 bridgehead atoms. The lowest BCUT2D eigenvalue weighted by molar-refractivity contribution is -0.137. The van der Waals surface area contributed by atoms with Crippen molar-refractivity contribution in [3.63, 3.8) is 0 Å². The van der Waals surface area contributed by atoms with Crippen LogP contribution in [0, 0.1) is 17.1 Å². The van der Waals surface area contributed by atoms with E-state index in [-0.39, 0.29) is 69.1 Å². The number of nitrogens with zero attached hydrogens (tertiary/aromatic N) is 5. The van der Waals surface area contributed by atoms with Crippen LogP contribution >= 0.6 is 36.0 Å². The van der Waals surface area contributed by atoms with Crippen molar-refractivity contribution in [2.45, 2.75) is 80.7 Å². The van der Waals surface area contributed by atoms with Crippen LogP contribution in [0.1, 0.15) is 85.7 Å². The van der Waals surface area contributed by atoms with Gasteiger partial charge in [0.2, 0.25) is 22.8 Å². The normalized spacial score (nSPS) is 18.8. The van der Waals surface area contributed by atoms with Gasteiger partial charge >= 0.3 is 0 Å². The Morgan fingerprint density at radius 3 is 2.52 bits per heavy atom. The van der Waals surface area contributed by atoms with Crippen LogP contribution in [0.15, 0.2) is 58.4 Å². The molecule has 4 fully saturated rings. The molecule has 1 spiro atoms. The van der Waals surface area contributed by atoms with Gasteiger partial charge < -0.3 is 30.1 Å². The first-order valence-corrected chi connectivity index (χ1v) is 24.3. The van der Waals surface area contributed by atoms with E-state index < -0.39 is 11.9 Å². The van der Waals surface area contributed by atoms with Crippen molar-refractivity contribution >= 4 is 82.3 Å². The summed E-state index contributed by atoms with van der Waals surface area (Å²) in [6, 6.07) is 14.2. The molecule has 7 rings (SSSR count). The van der Waals surface area contributed by atoms with Gasteiger partial charge in [0, 0.05) is 55.4 Å². The van der Waals surface area contributed by atoms with E-state index in [0.29, 0.717) is 41.3 Å². The van der Waals surface area contributed by atoms with Gasteiger partial charge in [-0.15, -0.1) is 0 Å². The lowest BCUT2D eigenvalue weighted by Crippen LogP contribution is -2.49. The zero-order valence-corrected chi connectivity index (χ0v) is 39.2. The summed E-state index contributed by atoms with van der Waals surface area (Å²) in [4.78, 5) is 57.2. The predicted molar refractivity (Wildman–Crippen MR) is 253 cm³/mol. The minimum atomic E-state index is -0.692. The number of rotatable bonds is 14. The van der Waals surface area contributed by atoms with Crippen molar-refractivity contribution in [2.24, 2.45) is 10.7 Å². The lowest BCUT2D eigenvalue weighted by atomic mass is 9.88. The average molecular weight is 952 g/mol. The number of ether oxygens (including phenoxy) is 2. The molecule has 0 radical (unpaired) electrons. The van der Waals surface area contributed by atoms with Crippen LogP contribution in [0.5, 0.6) is 11.5 Å². The molecule has 0 saturated carbocycles. The fourth-order valence-corrected chi connectivity index (χ4v) is 9.71. The number of amides is 3. The van der Waals surface area contributed by atoms with Gasteiger partial charge in [-0.2, -0.15) is 9.15 Å². The van der Waals surface area contributed by atoms with E-state index in [9.17, 15) is 32.7 Å². The van der Waals surface area contributed by atoms with Gasteiger partial charge in [0.25, 0.3) is 0 Å². The molecule has 0 aliphatic carbocycles. The summed E-state index contributed by atoms with van der Waals surface area (Å²) >= 11 is 2.51. The SMILES string of the molecule is CCN(C)SNc1ccc(F)c(Oc2ccc(N=CN)c(C(=O)SC)c2)c1C#N.O=C1CCC(Nc2ccc(C3CCN(CC(=O)N4CCC5(CCCO5)CC4)CC3)c(SF)c2)C(=O)N1. The number of nitriles is 1. The van der Waals surface area contributed by atoms with E-state index >= 15 is 0 Å². The maximum absolute atomic E-state index is 14.5. The fourth-order valence-electron chi connectivity index (χ4n) is 8.27. The molecule has 4 aliphatic rings. The second-order valence-electron chi connectivity index (χ2n) is 16.1. The van der Waals surface area contributed by atoms with Crippen molar-refractivity contribution < 1.29 is 36.9 Å². The monoisotopic (exact) mass is 951 g/mol. The summed E-state index contributed by atoms with van der Waals surface area (Å²) < 4.78 is 44.9. The van der Waals surface area contributed by atoms with Crippen molar-refractivity contribution in [1.82, 2.24) is 19.4 Å². The Labute approximate surface area is 391 Å². The fraction of sp³-hybridized carbons (Fsp3) is 0.467. The van der Waals surface area contributed by atoms with Gasteiger partial charge in [-0.3, -0.25) is 29.4 Å². The number of benzene rings is 3. The number of thioether (sulfide) groups is 1. The van der Waals surface area contributed by atoms with Crippen molar-refractivity contribution in [1.29, 1.82) is 5.26 Å². The first-order chi connectivity index (χ1) is 31.4. The Morgan fingerprint density at radius 1 is 1.11 bits per heavy atom. The van der Waals surface area contributed by atoms with E-state index in [1.807, 2.05) is 41.4 Å². The summed E-state index contributed by atoms with van der Waals surface area (Å²) in [6.45, 7) is 7.23. The molecular formula is C45H55F2N9O6S3. The number of halogens is 2. The van der Waals surface area contributed by atoms with Gasteiger partial charge in [-0.25, -0.2) is 13.7 Å². The zero-order valence-electron chi connectivity index (χ0n) is 36.7. The number of piperidine rings is 3. The molecule has 3 aromatic rings. The first-order valence-electron chi connectivity index (χ1n) is 21.6. The number of anilines is 2. The zero-order chi connectivity index (χ0) is 46.5. The molecule has 4 heterocycles. The van der Waals surface area contributed by atoms with Crippen molar-refractivity contribution in [3.05, 3.63) is 71.0 Å². The molecule has 1 unspecified atom stereocenters. The summed E-state index contributed by atoms with van der Waals surface area (Å²) in [5.41, 5.74) is 8.06. The molecule has 20 heteroatoms. The first kappa shape index (κ1) is 49.5. The largest absolute Gasteiger partial charge is 0.453 e. The van der Waals surface area contributed by atoms with Crippen LogP contribution in [-0.4, -0.2) is 114 Å². The minimum absolute atomic E-state index is 0.0174. The van der Waals surface area contributed by atoms with Crippen molar-refractivity contribution in [3.8, 4) is 17.6 Å². The Hall–Kier alpha value is -4.91. The molecule has 1 atom stereocenters. The number of nitrogens with two attached hydrogens (primary N) is 1. The maximum Gasteiger partial charge on any atom is 0.249 e. The third-order valence-electron chi connectivity index (χ3n) is 12.1. The number of hydrogen-bond donors (Lipinski definition) is 4. The van der Waals surface area contributed by atoms with Gasteiger partial charge in [0.1, 0.15) is 23.4 Å². The highest BCUT2D eigenvalue weighted by molar-refractivity contribution is 8.13. The van der Waals surface area contributed by atoms with Crippen LogP contribution in [0.2, 0.25) is 0 Å². The van der Waals surface area contributed by atoms with E-state index in [1.54, 1.807) is 18.4 Å². The predicted octanol–water partition coefficient (Wildman–Crippen LogP) is 7.77. The molecular weight excluding hydrogens is 897 g/mol. The average Bonchev–Trinajstić information content (AvgIpc) is 3.78. The summed E-state index contributed by atoms with van der Waals surface area (Å²) in [5, 5.41) is 14.8. The quantitative estimate of drug-likeness (QED) is 0.0529. The molecule has 4 aliphatic heterocycles. The second kappa shape index (κ2) is 23.5. The van der Waals surface area contributed by atoms with Crippen LogP contribution in [0.25, 0.3) is 0 Å². The molecule has 4 saturated heterocycles. The Bertz CT molecular complexity index is 2260. The van der Waals surface area contributed by atoms with E-state index in [0.717, 1.165) is 102 Å². The van der Waals surface area contributed by atoms with Crippen LogP contribution < -0.4 is 25.8 Å². The van der Waals surface area contributed by atoms with Crippen LogP contribution in [0.4, 0.5) is 25.3 Å². The molecule has 15 nitrogen and oxygen atoms in total. The van der Waals surface area contributed by atoms with E-state index in [1.165, 1.54) is 36.4 Å². The third-order valence-corrected chi connectivity index (χ3v) is 14.1. The number of hydrogen-bond acceptors (Lipinski definition) is 15. The lowest BCUT2D eigenvalue weighted by Gasteiger charge is -2.40. The maximum atomic E-state index is 14.5. The Morgan fingerprint density at radius 2 is 1.88 bits per heavy atom. The highest BCUT2D eigenvalue weighted by Crippen LogP contribution is 2.39. The third kappa shape index (κ3) is 12.9. The van der Waals surface area contributed by atoms with Gasteiger partial charge in [0.05, 0.1) is 47.6 Å². The molecule has 3 amide bonds. The highest BCUT2D eigenvalue weighted by atomic mass is 32.2. The van der Waals surface area contributed by atoms with Crippen molar-refractivity contribution in [2.75, 3.05) is 69.2 Å². The number of nitrogens with one attached hydrogen (secondary N) is 3. The smallest absolute Gasteiger partial charge is 0.249 e. The summed E-state index contributed by atoms with van der Waals surface area (Å²) in [7, 11) is 1.88. The number of likely N-dealkylation sites (tertiary alicyclic amines) is 2.